The van der Waals surface area contributed by atoms with Gasteiger partial charge in [-0.3, -0.25) is 4.99 Å². The van der Waals surface area contributed by atoms with Crippen molar-refractivity contribution in [3.05, 3.63) is 144 Å². The average molecular weight is 674 g/mol. The molecule has 0 unspecified atom stereocenters. The molecule has 38 heavy (non-hydrogen) atoms. The second-order valence-corrected chi connectivity index (χ2v) is 8.94. The summed E-state index contributed by atoms with van der Waals surface area (Å²) in [5.74, 6) is 0. The minimum absolute atomic E-state index is 0. The van der Waals surface area contributed by atoms with Gasteiger partial charge < -0.3 is 10.3 Å². The molecule has 0 saturated carbocycles. The molecular formula is C34H31IrN3-2. The molecular weight excluding hydrogens is 643 g/mol. The van der Waals surface area contributed by atoms with Crippen molar-refractivity contribution in [3.8, 4) is 11.3 Å². The van der Waals surface area contributed by atoms with Crippen LogP contribution in [0.2, 0.25) is 0 Å². The molecule has 0 aliphatic carbocycles. The fourth-order valence-corrected chi connectivity index (χ4v) is 4.11. The number of pyridine rings is 1. The fourth-order valence-electron chi connectivity index (χ4n) is 4.11. The molecule has 1 heterocycles. The molecule has 3 nitrogen and oxygen atoms in total. The summed E-state index contributed by atoms with van der Waals surface area (Å²) in [6.07, 6.45) is 3.85. The van der Waals surface area contributed by atoms with E-state index in [1.54, 1.807) is 0 Å². The molecule has 5 aromatic rings. The molecule has 0 saturated heterocycles. The van der Waals surface area contributed by atoms with E-state index in [0.29, 0.717) is 0 Å². The molecule has 0 spiro atoms. The van der Waals surface area contributed by atoms with Gasteiger partial charge in [-0.05, 0) is 41.6 Å². The molecule has 4 heteroatoms. The van der Waals surface area contributed by atoms with Crippen molar-refractivity contribution < 1.29 is 20.1 Å². The van der Waals surface area contributed by atoms with Crippen molar-refractivity contribution >= 4 is 27.9 Å². The molecule has 1 aromatic heterocycles. The zero-order chi connectivity index (χ0) is 26.0. The van der Waals surface area contributed by atoms with Crippen molar-refractivity contribution in [2.75, 3.05) is 0 Å². The van der Waals surface area contributed by atoms with Gasteiger partial charge in [0.2, 0.25) is 0 Å². The first kappa shape index (κ1) is 28.7. The van der Waals surface area contributed by atoms with E-state index in [1.165, 1.54) is 21.9 Å². The first-order chi connectivity index (χ1) is 18.0. The van der Waals surface area contributed by atoms with Crippen LogP contribution in [0, 0.1) is 19.9 Å². The second kappa shape index (κ2) is 14.2. The van der Waals surface area contributed by atoms with E-state index in [0.717, 1.165) is 34.0 Å². The van der Waals surface area contributed by atoms with Crippen LogP contribution < -0.4 is 0 Å². The molecule has 0 fully saturated rings. The van der Waals surface area contributed by atoms with Crippen molar-refractivity contribution in [1.29, 1.82) is 0 Å². The summed E-state index contributed by atoms with van der Waals surface area (Å²) in [6.45, 7) is 8.17. The predicted molar refractivity (Wildman–Crippen MR) is 158 cm³/mol. The van der Waals surface area contributed by atoms with Gasteiger partial charge in [0, 0.05) is 32.0 Å². The minimum atomic E-state index is 0. The molecule has 0 aliphatic heterocycles. The van der Waals surface area contributed by atoms with Crippen LogP contribution in [-0.4, -0.2) is 10.7 Å². The Morgan fingerprint density at radius 3 is 2.21 bits per heavy atom. The molecule has 0 aliphatic rings. The number of rotatable bonds is 5. The quantitative estimate of drug-likeness (QED) is 0.135. The standard InChI is InChI=1S/C17H17N2.C17H14N.Ir/c1-14(18-16-9-5-3-6-10-16)13-15(2)19-17-11-7-4-8-12-17;1-12-7-8-15(13(2)11-12)17-16-6-4-3-5-14(16)9-10-18-17;/h3-13H,1-2H3;3-7,9-11H,1-2H3;/q2*-1;/b14-13-,19-15?;;. The maximum atomic E-state index is 4.54. The molecule has 193 valence electrons. The third-order valence-corrected chi connectivity index (χ3v) is 5.73. The maximum absolute atomic E-state index is 4.54. The van der Waals surface area contributed by atoms with E-state index in [1.807, 2.05) is 98.9 Å². The number of hydrogen-bond acceptors (Lipinski definition) is 2. The molecule has 0 atom stereocenters. The van der Waals surface area contributed by atoms with Crippen LogP contribution in [0.15, 0.2) is 126 Å². The Morgan fingerprint density at radius 1 is 0.842 bits per heavy atom. The SMILES string of the molecule is CC(/C=C(/C)[N-]c1ccccc1)=Nc1ccccc1.Cc1c[c-]c(-c2nccc3ccccc23)c(C)c1.[Ir]. The molecule has 4 aromatic carbocycles. The summed E-state index contributed by atoms with van der Waals surface area (Å²) in [6, 6.07) is 37.8. The Balaban J connectivity index is 0.000000205. The van der Waals surface area contributed by atoms with Crippen molar-refractivity contribution in [2.24, 2.45) is 4.99 Å². The van der Waals surface area contributed by atoms with Gasteiger partial charge in [-0.1, -0.05) is 99.6 Å². The smallest absolute Gasteiger partial charge is 0.0632 e. The van der Waals surface area contributed by atoms with Gasteiger partial charge >= 0.3 is 0 Å². The summed E-state index contributed by atoms with van der Waals surface area (Å²) in [4.78, 5) is 9.06. The van der Waals surface area contributed by atoms with E-state index in [4.69, 9.17) is 0 Å². The van der Waals surface area contributed by atoms with Crippen LogP contribution in [0.25, 0.3) is 27.3 Å². The van der Waals surface area contributed by atoms with E-state index >= 15 is 0 Å². The van der Waals surface area contributed by atoms with Crippen molar-refractivity contribution in [2.45, 2.75) is 27.7 Å². The minimum Gasteiger partial charge on any atom is -0.661 e. The Bertz CT molecular complexity index is 1520. The Morgan fingerprint density at radius 2 is 1.50 bits per heavy atom. The van der Waals surface area contributed by atoms with Crippen molar-refractivity contribution in [1.82, 2.24) is 4.98 Å². The molecule has 0 N–H and O–H groups in total. The van der Waals surface area contributed by atoms with Crippen LogP contribution >= 0.6 is 0 Å². The van der Waals surface area contributed by atoms with Gasteiger partial charge in [0.1, 0.15) is 0 Å². The summed E-state index contributed by atoms with van der Waals surface area (Å²) in [5, 5.41) is 6.92. The van der Waals surface area contributed by atoms with E-state index < -0.39 is 0 Å². The van der Waals surface area contributed by atoms with Gasteiger partial charge in [-0.2, -0.15) is 5.70 Å². The summed E-state index contributed by atoms with van der Waals surface area (Å²) >= 11 is 0. The molecule has 0 bridgehead atoms. The fraction of sp³-hybridized carbons (Fsp3) is 0.118. The van der Waals surface area contributed by atoms with Gasteiger partial charge in [-0.25, -0.2) is 0 Å². The topological polar surface area (TPSA) is 39.4 Å². The Kier molecular flexibility index (Phi) is 10.7. The van der Waals surface area contributed by atoms with E-state index in [2.05, 4.69) is 65.5 Å². The van der Waals surface area contributed by atoms with E-state index in [-0.39, 0.29) is 20.1 Å². The number of nitrogens with zero attached hydrogens (tertiary/aromatic N) is 3. The van der Waals surface area contributed by atoms with Gasteiger partial charge in [0.15, 0.2) is 0 Å². The van der Waals surface area contributed by atoms with E-state index in [9.17, 15) is 0 Å². The normalized spacial score (nSPS) is 11.3. The number of para-hydroxylation sites is 2. The average Bonchev–Trinajstić information content (AvgIpc) is 2.90. The number of fused-ring (bicyclic) bond motifs is 1. The Hall–Kier alpha value is -3.85. The predicted octanol–water partition coefficient (Wildman–Crippen LogP) is 9.70. The number of aromatic nitrogens is 1. The Labute approximate surface area is 239 Å². The van der Waals surface area contributed by atoms with Crippen LogP contribution in [0.5, 0.6) is 0 Å². The number of allylic oxidation sites excluding steroid dienone is 2. The summed E-state index contributed by atoms with van der Waals surface area (Å²) in [7, 11) is 0. The van der Waals surface area contributed by atoms with Crippen LogP contribution in [-0.2, 0) is 20.1 Å². The zero-order valence-corrected chi connectivity index (χ0v) is 24.5. The van der Waals surface area contributed by atoms with Gasteiger partial charge in [0.25, 0.3) is 0 Å². The third-order valence-electron chi connectivity index (χ3n) is 5.73. The van der Waals surface area contributed by atoms with Crippen LogP contribution in [0.1, 0.15) is 25.0 Å². The second-order valence-electron chi connectivity index (χ2n) is 8.94. The summed E-state index contributed by atoms with van der Waals surface area (Å²) in [5.41, 5.74) is 8.39. The zero-order valence-electron chi connectivity index (χ0n) is 22.1. The third kappa shape index (κ3) is 8.08. The number of aryl methyl sites for hydroxylation is 2. The molecule has 1 radical (unpaired) electrons. The molecule has 0 amide bonds. The summed E-state index contributed by atoms with van der Waals surface area (Å²) < 4.78 is 0. The van der Waals surface area contributed by atoms with Crippen LogP contribution in [0.4, 0.5) is 11.4 Å². The number of hydrogen-bond donors (Lipinski definition) is 0. The maximum Gasteiger partial charge on any atom is 0.0632 e. The van der Waals surface area contributed by atoms with Gasteiger partial charge in [0.05, 0.1) is 5.69 Å². The van der Waals surface area contributed by atoms with Crippen molar-refractivity contribution in [3.63, 3.8) is 0 Å². The number of benzene rings is 4. The first-order valence-electron chi connectivity index (χ1n) is 12.4. The molecule has 5 rings (SSSR count). The largest absolute Gasteiger partial charge is 0.661 e. The van der Waals surface area contributed by atoms with Crippen LogP contribution in [0.3, 0.4) is 0 Å². The monoisotopic (exact) mass is 674 g/mol. The first-order valence-corrected chi connectivity index (χ1v) is 12.4. The number of aliphatic imine (C=N–C) groups is 1. The van der Waals surface area contributed by atoms with Gasteiger partial charge in [-0.15, -0.1) is 40.6 Å².